The number of rotatable bonds is 6. The number of hydrogen-bond acceptors (Lipinski definition) is 5. The number of carbonyl (C=O) groups is 1. The summed E-state index contributed by atoms with van der Waals surface area (Å²) in [5.41, 5.74) is 3.15. The molecule has 0 aliphatic carbocycles. The number of aliphatic imine (C=N–C) groups is 2. The Hall–Kier alpha value is -3.61. The van der Waals surface area contributed by atoms with E-state index in [9.17, 15) is 9.18 Å². The van der Waals surface area contributed by atoms with Crippen LogP contribution in [-0.4, -0.2) is 35.3 Å². The van der Waals surface area contributed by atoms with Crippen LogP contribution in [0.25, 0.3) is 0 Å². The second-order valence-corrected chi connectivity index (χ2v) is 6.87. The van der Waals surface area contributed by atoms with Crippen LogP contribution in [0.4, 0.5) is 4.39 Å². The number of nitrogens with one attached hydrogen (secondary N) is 1. The summed E-state index contributed by atoms with van der Waals surface area (Å²) in [6, 6.07) is 11.3. The van der Waals surface area contributed by atoms with E-state index in [0.717, 1.165) is 11.3 Å². The smallest absolute Gasteiger partial charge is 0.274 e. The molecule has 154 valence electrons. The van der Waals surface area contributed by atoms with Crippen LogP contribution in [0.2, 0.25) is 0 Å². The molecule has 0 fully saturated rings. The first-order chi connectivity index (χ1) is 14.4. The molecule has 3 rings (SSSR count). The summed E-state index contributed by atoms with van der Waals surface area (Å²) in [5, 5.41) is 2.96. The largest absolute Gasteiger partial charge is 0.344 e. The Morgan fingerprint density at radius 1 is 1.27 bits per heavy atom. The minimum atomic E-state index is -0.401. The highest BCUT2D eigenvalue weighted by molar-refractivity contribution is 6.09. The van der Waals surface area contributed by atoms with Crippen LogP contribution in [0.3, 0.4) is 0 Å². The van der Waals surface area contributed by atoms with E-state index in [1.165, 1.54) is 12.1 Å². The standard InChI is InChI=1S/C23H24FN5O/c1-5-18(16-9-11-17(24)12-10-16)28-23(30)21(25-3)22-27-20(14-15(2)29(22)4)19-8-6-7-13-26-19/h6-14,18H,3,5H2,1-2,4H3,(H,28,30)/b22-21-. The molecule has 0 radical (unpaired) electrons. The summed E-state index contributed by atoms with van der Waals surface area (Å²) < 4.78 is 13.2. The van der Waals surface area contributed by atoms with E-state index >= 15 is 0 Å². The highest BCUT2D eigenvalue weighted by Crippen LogP contribution is 2.24. The van der Waals surface area contributed by atoms with E-state index in [2.05, 4.69) is 27.0 Å². The Bertz CT molecular complexity index is 1030. The molecule has 30 heavy (non-hydrogen) atoms. The molecule has 2 heterocycles. The zero-order valence-electron chi connectivity index (χ0n) is 17.3. The molecule has 1 atom stereocenters. The Morgan fingerprint density at radius 2 is 2.00 bits per heavy atom. The van der Waals surface area contributed by atoms with Gasteiger partial charge in [-0.1, -0.05) is 25.1 Å². The predicted molar refractivity (Wildman–Crippen MR) is 116 cm³/mol. The lowest BCUT2D eigenvalue weighted by Gasteiger charge is -2.26. The van der Waals surface area contributed by atoms with Gasteiger partial charge >= 0.3 is 0 Å². The maximum absolute atomic E-state index is 13.2. The molecule has 1 aliphatic heterocycles. The van der Waals surface area contributed by atoms with Crippen molar-refractivity contribution < 1.29 is 9.18 Å². The van der Waals surface area contributed by atoms with Crippen molar-refractivity contribution >= 4 is 18.3 Å². The van der Waals surface area contributed by atoms with Gasteiger partial charge in [-0.25, -0.2) is 9.38 Å². The SMILES string of the molecule is C=N/C(C(=O)NC(CC)c1ccc(F)cc1)=C1/N=C(c2ccccn2)C=C(C)N1C. The van der Waals surface area contributed by atoms with E-state index in [1.54, 1.807) is 23.2 Å². The number of halogens is 1. The first-order valence-corrected chi connectivity index (χ1v) is 9.64. The summed E-state index contributed by atoms with van der Waals surface area (Å²) >= 11 is 0. The fraction of sp³-hybridized carbons (Fsp3) is 0.217. The van der Waals surface area contributed by atoms with Crippen molar-refractivity contribution in [1.82, 2.24) is 15.2 Å². The van der Waals surface area contributed by atoms with Crippen LogP contribution in [0.5, 0.6) is 0 Å². The monoisotopic (exact) mass is 405 g/mol. The zero-order valence-corrected chi connectivity index (χ0v) is 17.3. The lowest BCUT2D eigenvalue weighted by Crippen LogP contribution is -2.32. The minimum Gasteiger partial charge on any atom is -0.344 e. The number of amides is 1. The summed E-state index contributed by atoms with van der Waals surface area (Å²) in [6.07, 6.45) is 4.23. The van der Waals surface area contributed by atoms with Crippen LogP contribution < -0.4 is 5.32 Å². The number of pyridine rings is 1. The Labute approximate surface area is 175 Å². The summed E-state index contributed by atoms with van der Waals surface area (Å²) in [6.45, 7) is 7.45. The van der Waals surface area contributed by atoms with Gasteiger partial charge in [-0.15, -0.1) is 0 Å². The third-order valence-electron chi connectivity index (χ3n) is 4.92. The second kappa shape index (κ2) is 9.26. The molecule has 0 bridgehead atoms. The molecule has 0 spiro atoms. The molecule has 7 heteroatoms. The van der Waals surface area contributed by atoms with Gasteiger partial charge in [0.25, 0.3) is 5.91 Å². The van der Waals surface area contributed by atoms with Crippen LogP contribution in [0.1, 0.15) is 37.6 Å². The van der Waals surface area contributed by atoms with Crippen LogP contribution >= 0.6 is 0 Å². The average molecular weight is 405 g/mol. The second-order valence-electron chi connectivity index (χ2n) is 6.87. The summed E-state index contributed by atoms with van der Waals surface area (Å²) in [4.78, 5) is 27.8. The van der Waals surface area contributed by atoms with Gasteiger partial charge in [-0.2, -0.15) is 0 Å². The van der Waals surface area contributed by atoms with Crippen molar-refractivity contribution in [3.8, 4) is 0 Å². The van der Waals surface area contributed by atoms with Gasteiger partial charge in [0.05, 0.1) is 17.4 Å². The molecule has 0 saturated carbocycles. The lowest BCUT2D eigenvalue weighted by molar-refractivity contribution is -0.118. The van der Waals surface area contributed by atoms with Gasteiger partial charge < -0.3 is 10.2 Å². The number of allylic oxidation sites excluding steroid dienone is 2. The van der Waals surface area contributed by atoms with Gasteiger partial charge in [-0.3, -0.25) is 14.8 Å². The quantitative estimate of drug-likeness (QED) is 0.583. The Morgan fingerprint density at radius 3 is 2.60 bits per heavy atom. The first-order valence-electron chi connectivity index (χ1n) is 9.64. The van der Waals surface area contributed by atoms with E-state index in [0.29, 0.717) is 23.6 Å². The summed E-state index contributed by atoms with van der Waals surface area (Å²) in [5.74, 6) is -0.336. The number of carbonyl (C=O) groups excluding carboxylic acids is 1. The first kappa shape index (κ1) is 21.1. The fourth-order valence-corrected chi connectivity index (χ4v) is 3.13. The van der Waals surface area contributed by atoms with Crippen molar-refractivity contribution in [1.29, 1.82) is 0 Å². The molecular weight excluding hydrogens is 381 g/mol. The molecule has 1 aromatic carbocycles. The van der Waals surface area contributed by atoms with Crippen molar-refractivity contribution in [2.45, 2.75) is 26.3 Å². The van der Waals surface area contributed by atoms with Crippen molar-refractivity contribution in [3.05, 3.63) is 89.0 Å². The van der Waals surface area contributed by atoms with E-state index in [-0.39, 0.29) is 17.6 Å². The van der Waals surface area contributed by atoms with Crippen LogP contribution in [0.15, 0.2) is 81.9 Å². The van der Waals surface area contributed by atoms with Crippen LogP contribution in [-0.2, 0) is 4.79 Å². The lowest BCUT2D eigenvalue weighted by atomic mass is 10.0. The molecule has 1 amide bonds. The minimum absolute atomic E-state index is 0.110. The van der Waals surface area contributed by atoms with Gasteiger partial charge in [0, 0.05) is 18.9 Å². The highest BCUT2D eigenvalue weighted by atomic mass is 19.1. The summed E-state index contributed by atoms with van der Waals surface area (Å²) in [7, 11) is 1.82. The Balaban J connectivity index is 1.96. The molecule has 1 aromatic heterocycles. The normalized spacial score (nSPS) is 16.3. The third-order valence-corrected chi connectivity index (χ3v) is 4.92. The van der Waals surface area contributed by atoms with E-state index in [4.69, 9.17) is 0 Å². The number of nitrogens with zero attached hydrogens (tertiary/aromatic N) is 4. The maximum atomic E-state index is 13.2. The fourth-order valence-electron chi connectivity index (χ4n) is 3.13. The third kappa shape index (κ3) is 4.51. The molecule has 2 aromatic rings. The molecule has 6 nitrogen and oxygen atoms in total. The molecule has 0 saturated heterocycles. The van der Waals surface area contributed by atoms with Crippen molar-refractivity contribution in [2.75, 3.05) is 7.05 Å². The predicted octanol–water partition coefficient (Wildman–Crippen LogP) is 4.00. The Kier molecular flexibility index (Phi) is 6.51. The van der Waals surface area contributed by atoms with Gasteiger partial charge in [0.15, 0.2) is 11.5 Å². The van der Waals surface area contributed by atoms with E-state index in [1.807, 2.05) is 45.2 Å². The van der Waals surface area contributed by atoms with Crippen molar-refractivity contribution in [3.63, 3.8) is 0 Å². The topological polar surface area (TPSA) is 70.0 Å². The molecule has 1 N–H and O–H groups in total. The van der Waals surface area contributed by atoms with Crippen molar-refractivity contribution in [2.24, 2.45) is 9.98 Å². The molecular formula is C23H24FN5O. The van der Waals surface area contributed by atoms with Gasteiger partial charge in [-0.05, 0) is 56.0 Å². The number of aromatic nitrogens is 1. The van der Waals surface area contributed by atoms with Gasteiger partial charge in [0.1, 0.15) is 5.82 Å². The van der Waals surface area contributed by atoms with Crippen LogP contribution in [0, 0.1) is 5.82 Å². The highest BCUT2D eigenvalue weighted by Gasteiger charge is 2.24. The maximum Gasteiger partial charge on any atom is 0.274 e. The van der Waals surface area contributed by atoms with Gasteiger partial charge in [0.2, 0.25) is 0 Å². The number of benzene rings is 1. The number of hydrogen-bond donors (Lipinski definition) is 1. The molecule has 1 aliphatic rings. The average Bonchev–Trinajstić information content (AvgIpc) is 2.76. The zero-order chi connectivity index (χ0) is 21.7. The van der Waals surface area contributed by atoms with E-state index < -0.39 is 5.91 Å². The molecule has 1 unspecified atom stereocenters.